The zero-order chi connectivity index (χ0) is 22.3. The minimum atomic E-state index is -3.75. The zero-order valence-corrected chi connectivity index (χ0v) is 18.8. The second-order valence-corrected chi connectivity index (χ2v) is 9.33. The number of amides is 1. The molecule has 2 N–H and O–H groups in total. The predicted molar refractivity (Wildman–Crippen MR) is 123 cm³/mol. The quantitative estimate of drug-likeness (QED) is 0.454. The van der Waals surface area contributed by atoms with Crippen LogP contribution in [0.15, 0.2) is 76.8 Å². The normalized spacial score (nSPS) is 11.0. The summed E-state index contributed by atoms with van der Waals surface area (Å²) in [5.74, 6) is 1.22. The molecule has 9 heteroatoms. The first-order valence-electron chi connectivity index (χ1n) is 9.67. The van der Waals surface area contributed by atoms with Crippen LogP contribution in [-0.4, -0.2) is 31.7 Å². The molecule has 0 bridgehead atoms. The number of carbonyl (C=O) groups is 1. The Balaban J connectivity index is 1.64. The lowest BCUT2D eigenvalue weighted by molar-refractivity contribution is 0.102. The molecule has 1 aromatic heterocycles. The zero-order valence-electron chi connectivity index (χ0n) is 17.2. The van der Waals surface area contributed by atoms with E-state index in [9.17, 15) is 13.2 Å². The Bertz CT molecular complexity index is 1110. The molecule has 31 heavy (non-hydrogen) atoms. The van der Waals surface area contributed by atoms with Crippen LogP contribution in [0, 0.1) is 0 Å². The number of hydrogen-bond acceptors (Lipinski definition) is 6. The summed E-state index contributed by atoms with van der Waals surface area (Å²) in [4.78, 5) is 16.8. The number of benzene rings is 2. The average molecular weight is 458 g/mol. The fourth-order valence-electron chi connectivity index (χ4n) is 2.68. The number of nitrogens with zero attached hydrogens (tertiary/aromatic N) is 1. The average Bonchev–Trinajstić information content (AvgIpc) is 2.76. The Labute approximate surface area is 186 Å². The lowest BCUT2D eigenvalue weighted by atomic mass is 10.2. The highest BCUT2D eigenvalue weighted by Crippen LogP contribution is 2.21. The Morgan fingerprint density at radius 1 is 0.968 bits per heavy atom. The largest absolute Gasteiger partial charge is 0.494 e. The van der Waals surface area contributed by atoms with Gasteiger partial charge in [-0.3, -0.25) is 9.52 Å². The van der Waals surface area contributed by atoms with Crippen molar-refractivity contribution in [1.29, 1.82) is 0 Å². The third kappa shape index (κ3) is 6.22. The van der Waals surface area contributed by atoms with Gasteiger partial charge in [-0.1, -0.05) is 6.92 Å². The molecule has 0 aliphatic rings. The monoisotopic (exact) mass is 457 g/mol. The second-order valence-electron chi connectivity index (χ2n) is 6.36. The Morgan fingerprint density at radius 2 is 1.65 bits per heavy atom. The number of anilines is 2. The number of rotatable bonds is 9. The fourth-order valence-corrected chi connectivity index (χ4v) is 4.32. The first-order chi connectivity index (χ1) is 14.9. The van der Waals surface area contributed by atoms with Gasteiger partial charge in [0.05, 0.1) is 28.4 Å². The van der Waals surface area contributed by atoms with Crippen molar-refractivity contribution in [3.05, 3.63) is 72.4 Å². The molecule has 0 atom stereocenters. The Kier molecular flexibility index (Phi) is 7.54. The van der Waals surface area contributed by atoms with Crippen LogP contribution in [-0.2, 0) is 10.0 Å². The van der Waals surface area contributed by atoms with Crippen molar-refractivity contribution in [3.63, 3.8) is 0 Å². The molecule has 0 spiro atoms. The van der Waals surface area contributed by atoms with E-state index in [2.05, 4.69) is 15.0 Å². The molecule has 162 valence electrons. The maximum atomic E-state index is 12.6. The summed E-state index contributed by atoms with van der Waals surface area (Å²) in [6, 6.07) is 16.0. The van der Waals surface area contributed by atoms with E-state index in [1.807, 2.05) is 19.9 Å². The van der Waals surface area contributed by atoms with E-state index in [0.717, 1.165) is 10.8 Å². The van der Waals surface area contributed by atoms with Gasteiger partial charge in [-0.05, 0) is 73.3 Å². The van der Waals surface area contributed by atoms with Gasteiger partial charge < -0.3 is 10.1 Å². The standard InChI is InChI=1S/C22H23N3O4S2/c1-3-29-19-10-12-20(13-11-19)31(27,28)25-17-7-5-16(6-8-17)22(26)24-18-9-14-21(23-15-18)30-4-2/h5-15,25H,3-4H2,1-2H3,(H,24,26). The number of thioether (sulfide) groups is 1. The molecule has 1 amide bonds. The summed E-state index contributed by atoms with van der Waals surface area (Å²) in [5.41, 5.74) is 1.34. The van der Waals surface area contributed by atoms with Crippen LogP contribution >= 0.6 is 11.8 Å². The number of ether oxygens (including phenoxy) is 1. The summed E-state index contributed by atoms with van der Waals surface area (Å²) in [7, 11) is -3.75. The van der Waals surface area contributed by atoms with Crippen LogP contribution in [0.2, 0.25) is 0 Å². The second kappa shape index (κ2) is 10.3. The maximum Gasteiger partial charge on any atom is 0.261 e. The minimum absolute atomic E-state index is 0.120. The molecule has 2 aromatic carbocycles. The van der Waals surface area contributed by atoms with Crippen molar-refractivity contribution < 1.29 is 17.9 Å². The molecule has 1 heterocycles. The molecule has 0 unspecified atom stereocenters. The van der Waals surface area contributed by atoms with Crippen molar-refractivity contribution in [1.82, 2.24) is 4.98 Å². The van der Waals surface area contributed by atoms with Gasteiger partial charge in [0.15, 0.2) is 0 Å². The molecule has 3 aromatic rings. The smallest absolute Gasteiger partial charge is 0.261 e. The van der Waals surface area contributed by atoms with Crippen LogP contribution in [0.1, 0.15) is 24.2 Å². The van der Waals surface area contributed by atoms with Crippen LogP contribution in [0.5, 0.6) is 5.75 Å². The first-order valence-corrected chi connectivity index (χ1v) is 12.1. The molecular formula is C22H23N3O4S2. The molecule has 0 fully saturated rings. The molecule has 3 rings (SSSR count). The summed E-state index contributed by atoms with van der Waals surface area (Å²) in [5, 5.41) is 3.67. The highest BCUT2D eigenvalue weighted by atomic mass is 32.2. The van der Waals surface area contributed by atoms with Crippen LogP contribution in [0.3, 0.4) is 0 Å². The number of carbonyl (C=O) groups excluding carboxylic acids is 1. The van der Waals surface area contributed by atoms with Crippen molar-refractivity contribution in [2.75, 3.05) is 22.4 Å². The van der Waals surface area contributed by atoms with Gasteiger partial charge in [-0.2, -0.15) is 0 Å². The lowest BCUT2D eigenvalue weighted by Crippen LogP contribution is -2.14. The summed E-state index contributed by atoms with van der Waals surface area (Å²) in [6.45, 7) is 4.41. The van der Waals surface area contributed by atoms with Gasteiger partial charge in [-0.15, -0.1) is 11.8 Å². The molecule has 0 aliphatic heterocycles. The molecule has 0 saturated carbocycles. The lowest BCUT2D eigenvalue weighted by Gasteiger charge is -2.10. The van der Waals surface area contributed by atoms with Crippen molar-refractivity contribution in [2.24, 2.45) is 0 Å². The topological polar surface area (TPSA) is 97.4 Å². The molecule has 0 radical (unpaired) electrons. The molecule has 7 nitrogen and oxygen atoms in total. The van der Waals surface area contributed by atoms with Gasteiger partial charge in [0.2, 0.25) is 0 Å². The molecule has 0 aliphatic carbocycles. The number of nitrogens with one attached hydrogen (secondary N) is 2. The van der Waals surface area contributed by atoms with Crippen LogP contribution in [0.25, 0.3) is 0 Å². The van der Waals surface area contributed by atoms with E-state index < -0.39 is 10.0 Å². The summed E-state index contributed by atoms with van der Waals surface area (Å²) < 4.78 is 33.0. The fraction of sp³-hybridized carbons (Fsp3) is 0.182. The van der Waals surface area contributed by atoms with E-state index in [-0.39, 0.29) is 10.8 Å². The predicted octanol–water partition coefficient (Wildman–Crippen LogP) is 4.65. The number of pyridine rings is 1. The maximum absolute atomic E-state index is 12.6. The Morgan fingerprint density at radius 3 is 2.23 bits per heavy atom. The van der Waals surface area contributed by atoms with Crippen molar-refractivity contribution >= 4 is 39.1 Å². The highest BCUT2D eigenvalue weighted by molar-refractivity contribution is 7.99. The van der Waals surface area contributed by atoms with Gasteiger partial charge in [0.25, 0.3) is 15.9 Å². The van der Waals surface area contributed by atoms with Gasteiger partial charge in [0, 0.05) is 11.3 Å². The molecule has 0 saturated heterocycles. The van der Waals surface area contributed by atoms with Gasteiger partial charge in [-0.25, -0.2) is 13.4 Å². The van der Waals surface area contributed by atoms with E-state index in [1.165, 1.54) is 12.1 Å². The summed E-state index contributed by atoms with van der Waals surface area (Å²) >= 11 is 1.62. The third-order valence-electron chi connectivity index (χ3n) is 4.13. The van der Waals surface area contributed by atoms with Crippen LogP contribution in [0.4, 0.5) is 11.4 Å². The van der Waals surface area contributed by atoms with E-state index >= 15 is 0 Å². The minimum Gasteiger partial charge on any atom is -0.494 e. The van der Waals surface area contributed by atoms with Gasteiger partial charge in [0.1, 0.15) is 5.75 Å². The highest BCUT2D eigenvalue weighted by Gasteiger charge is 2.15. The SMILES string of the molecule is CCOc1ccc(S(=O)(=O)Nc2ccc(C(=O)Nc3ccc(SCC)nc3)cc2)cc1. The number of hydrogen-bond donors (Lipinski definition) is 2. The third-order valence-corrected chi connectivity index (χ3v) is 6.35. The van der Waals surface area contributed by atoms with E-state index in [4.69, 9.17) is 4.74 Å². The summed E-state index contributed by atoms with van der Waals surface area (Å²) in [6.07, 6.45) is 1.61. The van der Waals surface area contributed by atoms with Crippen LogP contribution < -0.4 is 14.8 Å². The van der Waals surface area contributed by atoms with Crippen molar-refractivity contribution in [2.45, 2.75) is 23.8 Å². The van der Waals surface area contributed by atoms with Gasteiger partial charge >= 0.3 is 0 Å². The number of aromatic nitrogens is 1. The Hall–Kier alpha value is -3.04. The molecular weight excluding hydrogens is 434 g/mol. The number of sulfonamides is 1. The van der Waals surface area contributed by atoms with E-state index in [0.29, 0.717) is 29.3 Å². The van der Waals surface area contributed by atoms with E-state index in [1.54, 1.807) is 60.4 Å². The van der Waals surface area contributed by atoms with Crippen molar-refractivity contribution in [3.8, 4) is 5.75 Å². The first kappa shape index (κ1) is 22.6.